The second-order valence-electron chi connectivity index (χ2n) is 1.19. The second-order valence-corrected chi connectivity index (χ2v) is 1.19. The summed E-state index contributed by atoms with van der Waals surface area (Å²) < 4.78 is 0. The van der Waals surface area contributed by atoms with Crippen molar-refractivity contribution in [1.82, 2.24) is 6.15 Å². The lowest BCUT2D eigenvalue weighted by Crippen LogP contribution is -1.76. The monoisotopic (exact) mass is 89.0 g/mol. The summed E-state index contributed by atoms with van der Waals surface area (Å²) in [6.45, 7) is 0. The van der Waals surface area contributed by atoms with Gasteiger partial charge in [-0.2, -0.15) is 0 Å². The van der Waals surface area contributed by atoms with E-state index in [1.165, 1.54) is 0 Å². The zero-order valence-corrected chi connectivity index (χ0v) is 3.35. The molecule has 1 unspecified atom stereocenters. The molecule has 3 heteroatoms. The zero-order chi connectivity index (χ0) is 3.86. The third kappa shape index (κ3) is 0.771. The van der Waals surface area contributed by atoms with Crippen molar-refractivity contribution in [2.45, 2.75) is 12.5 Å². The summed E-state index contributed by atoms with van der Waals surface area (Å²) in [7, 11) is 0. The first-order valence-corrected chi connectivity index (χ1v) is 1.51. The molecular weight excluding hydrogens is 82.0 g/mol. The van der Waals surface area contributed by atoms with E-state index in [2.05, 4.69) is 0 Å². The Kier molecular flexibility index (Phi) is 1.27. The van der Waals surface area contributed by atoms with Gasteiger partial charge in [-0.15, -0.1) is 0 Å². The minimum atomic E-state index is -0.588. The van der Waals surface area contributed by atoms with Crippen LogP contribution in [0.2, 0.25) is 0 Å². The molecule has 36 valence electrons. The van der Waals surface area contributed by atoms with Crippen LogP contribution in [-0.2, 0) is 4.79 Å². The van der Waals surface area contributed by atoms with Crippen LogP contribution in [0.25, 0.3) is 0 Å². The standard InChI is InChI=1S/C3H4O2.H3N/c4-2-1-3(2)5;/h2,4H,1H2;1H3. The number of rotatable bonds is 0. The summed E-state index contributed by atoms with van der Waals surface area (Å²) in [6, 6.07) is 0. The normalized spacial score (nSPS) is 28.8. The fourth-order valence-corrected chi connectivity index (χ4v) is 0.132. The summed E-state index contributed by atoms with van der Waals surface area (Å²) >= 11 is 0. The fourth-order valence-electron chi connectivity index (χ4n) is 0.132. The number of ketones is 1. The molecule has 0 aliphatic heterocycles. The number of carbonyl (C=O) groups is 1. The van der Waals surface area contributed by atoms with E-state index in [0.717, 1.165) is 0 Å². The summed E-state index contributed by atoms with van der Waals surface area (Å²) in [5, 5.41) is 8.09. The van der Waals surface area contributed by atoms with Crippen LogP contribution in [0.1, 0.15) is 6.42 Å². The van der Waals surface area contributed by atoms with Crippen molar-refractivity contribution in [2.24, 2.45) is 0 Å². The molecule has 1 atom stereocenters. The maximum absolute atomic E-state index is 9.64. The summed E-state index contributed by atoms with van der Waals surface area (Å²) in [4.78, 5) is 9.64. The Labute approximate surface area is 35.6 Å². The SMILES string of the molecule is N.O=C1CC1O. The molecule has 1 aliphatic carbocycles. The van der Waals surface area contributed by atoms with Crippen LogP contribution in [0.3, 0.4) is 0 Å². The molecule has 0 bridgehead atoms. The van der Waals surface area contributed by atoms with Gasteiger partial charge in [0.2, 0.25) is 0 Å². The van der Waals surface area contributed by atoms with Gasteiger partial charge in [0.05, 0.1) is 0 Å². The van der Waals surface area contributed by atoms with Crippen LogP contribution in [0.5, 0.6) is 0 Å². The van der Waals surface area contributed by atoms with Gasteiger partial charge in [-0.25, -0.2) is 0 Å². The summed E-state index contributed by atoms with van der Waals surface area (Å²) in [6.07, 6.45) is -0.199. The minimum absolute atomic E-state index is 0. The van der Waals surface area contributed by atoms with E-state index in [1.54, 1.807) is 0 Å². The average Bonchev–Trinajstić information content (AvgIpc) is 1.79. The molecule has 0 saturated heterocycles. The third-order valence-electron chi connectivity index (χ3n) is 0.606. The van der Waals surface area contributed by atoms with E-state index in [4.69, 9.17) is 5.11 Å². The number of Topliss-reactive ketones (excluding diaryl/α,β-unsaturated/α-hetero) is 1. The molecule has 0 aromatic carbocycles. The van der Waals surface area contributed by atoms with Gasteiger partial charge in [-0.3, -0.25) is 4.79 Å². The maximum atomic E-state index is 9.64. The molecule has 0 heterocycles. The Morgan fingerprint density at radius 1 is 1.83 bits per heavy atom. The lowest BCUT2D eigenvalue weighted by atomic mass is 10.9. The molecule has 1 fully saturated rings. The van der Waals surface area contributed by atoms with Crippen molar-refractivity contribution < 1.29 is 9.90 Å². The van der Waals surface area contributed by atoms with Crippen LogP contribution < -0.4 is 6.15 Å². The van der Waals surface area contributed by atoms with E-state index in [9.17, 15) is 4.79 Å². The molecule has 1 aliphatic rings. The van der Waals surface area contributed by atoms with Crippen molar-refractivity contribution in [2.75, 3.05) is 0 Å². The molecule has 1 saturated carbocycles. The van der Waals surface area contributed by atoms with Crippen molar-refractivity contribution in [3.8, 4) is 0 Å². The van der Waals surface area contributed by atoms with Gasteiger partial charge in [0, 0.05) is 6.42 Å². The molecule has 0 spiro atoms. The molecule has 4 N–H and O–H groups in total. The quantitative estimate of drug-likeness (QED) is 0.419. The van der Waals surface area contributed by atoms with Crippen molar-refractivity contribution in [1.29, 1.82) is 0 Å². The van der Waals surface area contributed by atoms with Gasteiger partial charge in [-0.05, 0) is 0 Å². The number of hydrogen-bond donors (Lipinski definition) is 2. The first kappa shape index (κ1) is 5.59. The Morgan fingerprint density at radius 2 is 2.00 bits per heavy atom. The Bertz CT molecular complexity index is 71.2. The van der Waals surface area contributed by atoms with Gasteiger partial charge in [0.15, 0.2) is 5.78 Å². The summed E-state index contributed by atoms with van der Waals surface area (Å²) in [5.41, 5.74) is 0. The van der Waals surface area contributed by atoms with Crippen LogP contribution in [0, 0.1) is 0 Å². The highest BCUT2D eigenvalue weighted by Crippen LogP contribution is 2.11. The first-order valence-electron chi connectivity index (χ1n) is 1.51. The van der Waals surface area contributed by atoms with Crippen molar-refractivity contribution in [3.05, 3.63) is 0 Å². The molecule has 1 rings (SSSR count). The lowest BCUT2D eigenvalue weighted by Gasteiger charge is -1.56. The van der Waals surface area contributed by atoms with Crippen LogP contribution in [-0.4, -0.2) is 17.0 Å². The van der Waals surface area contributed by atoms with Gasteiger partial charge in [0.1, 0.15) is 6.10 Å². The number of carbonyl (C=O) groups excluding carboxylic acids is 1. The highest BCUT2D eigenvalue weighted by molar-refractivity contribution is 5.98. The molecule has 0 aromatic rings. The molecule has 0 aromatic heterocycles. The Morgan fingerprint density at radius 3 is 2.00 bits per heavy atom. The molecule has 0 radical (unpaired) electrons. The van der Waals surface area contributed by atoms with E-state index in [0.29, 0.717) is 6.42 Å². The topological polar surface area (TPSA) is 72.3 Å². The molecular formula is C3H7NO2. The molecule has 0 amide bonds. The predicted molar refractivity (Wildman–Crippen MR) is 20.7 cm³/mol. The Balaban J connectivity index is 0.000000250. The third-order valence-corrected chi connectivity index (χ3v) is 0.606. The van der Waals surface area contributed by atoms with E-state index < -0.39 is 6.10 Å². The van der Waals surface area contributed by atoms with Crippen LogP contribution in [0.4, 0.5) is 0 Å². The van der Waals surface area contributed by atoms with E-state index in [-0.39, 0.29) is 11.9 Å². The van der Waals surface area contributed by atoms with Crippen molar-refractivity contribution in [3.63, 3.8) is 0 Å². The average molecular weight is 89.1 g/mol. The van der Waals surface area contributed by atoms with Gasteiger partial charge in [0.25, 0.3) is 0 Å². The molecule has 6 heavy (non-hydrogen) atoms. The first-order chi connectivity index (χ1) is 2.30. The smallest absolute Gasteiger partial charge is 0.164 e. The molecule has 3 nitrogen and oxygen atoms in total. The Hall–Kier alpha value is -0.410. The number of aliphatic hydroxyl groups excluding tert-OH is 1. The van der Waals surface area contributed by atoms with E-state index in [1.807, 2.05) is 0 Å². The zero-order valence-electron chi connectivity index (χ0n) is 3.35. The van der Waals surface area contributed by atoms with Crippen LogP contribution >= 0.6 is 0 Å². The van der Waals surface area contributed by atoms with Gasteiger partial charge >= 0.3 is 0 Å². The number of aliphatic hydroxyl groups is 1. The summed E-state index contributed by atoms with van der Waals surface area (Å²) in [5.74, 6) is -0.0231. The van der Waals surface area contributed by atoms with Gasteiger partial charge in [-0.1, -0.05) is 0 Å². The highest BCUT2D eigenvalue weighted by Gasteiger charge is 2.31. The lowest BCUT2D eigenvalue weighted by molar-refractivity contribution is -0.112. The minimum Gasteiger partial charge on any atom is -0.385 e. The van der Waals surface area contributed by atoms with Gasteiger partial charge < -0.3 is 11.3 Å². The second kappa shape index (κ2) is 1.36. The largest absolute Gasteiger partial charge is 0.385 e. The van der Waals surface area contributed by atoms with E-state index >= 15 is 0 Å². The highest BCUT2D eigenvalue weighted by atomic mass is 16.3. The van der Waals surface area contributed by atoms with Crippen LogP contribution in [0.15, 0.2) is 0 Å². The maximum Gasteiger partial charge on any atom is 0.164 e. The number of hydrogen-bond acceptors (Lipinski definition) is 3. The fraction of sp³-hybridized carbons (Fsp3) is 0.667. The van der Waals surface area contributed by atoms with Crippen molar-refractivity contribution >= 4 is 5.78 Å². The predicted octanol–water partition coefficient (Wildman–Crippen LogP) is -0.518.